The van der Waals surface area contributed by atoms with Gasteiger partial charge in [0.15, 0.2) is 6.61 Å². The van der Waals surface area contributed by atoms with Crippen molar-refractivity contribution in [2.75, 3.05) is 13.2 Å². The van der Waals surface area contributed by atoms with Gasteiger partial charge in [0, 0.05) is 18.2 Å². The van der Waals surface area contributed by atoms with Gasteiger partial charge >= 0.3 is 5.97 Å². The Morgan fingerprint density at radius 1 is 0.889 bits per heavy atom. The summed E-state index contributed by atoms with van der Waals surface area (Å²) in [7, 11) is 0. The Balaban J connectivity index is 1.42. The fourth-order valence-electron chi connectivity index (χ4n) is 3.70. The highest BCUT2D eigenvalue weighted by atomic mass is 16.6. The van der Waals surface area contributed by atoms with Crippen LogP contribution in [0.2, 0.25) is 0 Å². The van der Waals surface area contributed by atoms with Gasteiger partial charge in [-0.3, -0.25) is 4.79 Å². The molecular weight excluding hydrogens is 456 g/mol. The number of esters is 1. The number of hydrogen-bond acceptors (Lipinski definition) is 6. The molecule has 0 atom stereocenters. The number of nitrogens with zero attached hydrogens (tertiary/aromatic N) is 2. The Labute approximate surface area is 209 Å². The van der Waals surface area contributed by atoms with E-state index in [1.807, 2.05) is 72.8 Å². The van der Waals surface area contributed by atoms with Crippen LogP contribution in [0.25, 0.3) is 11.3 Å². The summed E-state index contributed by atoms with van der Waals surface area (Å²) in [6.07, 6.45) is 1.43. The molecule has 0 N–H and O–H groups in total. The smallest absolute Gasteiger partial charge is 0.344 e. The van der Waals surface area contributed by atoms with E-state index in [9.17, 15) is 9.59 Å². The number of carbonyl (C=O) groups is 1. The third-order valence-electron chi connectivity index (χ3n) is 5.40. The first-order valence-corrected chi connectivity index (χ1v) is 11.9. The summed E-state index contributed by atoms with van der Waals surface area (Å²) in [4.78, 5) is 24.0. The predicted molar refractivity (Wildman–Crippen MR) is 137 cm³/mol. The molecule has 0 radical (unpaired) electrons. The van der Waals surface area contributed by atoms with Crippen LogP contribution in [-0.4, -0.2) is 29.0 Å². The zero-order valence-electron chi connectivity index (χ0n) is 20.1. The average Bonchev–Trinajstić information content (AvgIpc) is 2.90. The van der Waals surface area contributed by atoms with Crippen molar-refractivity contribution in [3.05, 3.63) is 107 Å². The number of benzene rings is 3. The summed E-state index contributed by atoms with van der Waals surface area (Å²) in [6.45, 7) is 2.41. The molecule has 0 aliphatic carbocycles. The number of aryl methyl sites for hydroxylation is 2. The van der Waals surface area contributed by atoms with Crippen LogP contribution in [0.3, 0.4) is 0 Å². The van der Waals surface area contributed by atoms with Gasteiger partial charge in [-0.25, -0.2) is 9.48 Å². The lowest BCUT2D eigenvalue weighted by Crippen LogP contribution is -2.22. The summed E-state index contributed by atoms with van der Waals surface area (Å²) in [5, 5.41) is 4.61. The SMILES string of the molecule is CCOC(=O)COc1cccc(CCCn2nc(-c3ccccc3Oc3ccccc3)ccc2=O)c1. The number of rotatable bonds is 11. The minimum absolute atomic E-state index is 0.126. The minimum atomic E-state index is -0.399. The largest absolute Gasteiger partial charge is 0.482 e. The summed E-state index contributed by atoms with van der Waals surface area (Å²) in [6, 6.07) is 28.0. The van der Waals surface area contributed by atoms with Gasteiger partial charge in [0.1, 0.15) is 17.2 Å². The lowest BCUT2D eigenvalue weighted by Gasteiger charge is -2.12. The van der Waals surface area contributed by atoms with Crippen LogP contribution in [0.15, 0.2) is 95.8 Å². The highest BCUT2D eigenvalue weighted by Gasteiger charge is 2.11. The number of hydrogen-bond donors (Lipinski definition) is 0. The van der Waals surface area contributed by atoms with Crippen molar-refractivity contribution in [2.24, 2.45) is 0 Å². The van der Waals surface area contributed by atoms with Gasteiger partial charge in [0.05, 0.1) is 12.3 Å². The molecule has 0 aliphatic rings. The first-order chi connectivity index (χ1) is 17.6. The fourth-order valence-corrected chi connectivity index (χ4v) is 3.70. The maximum absolute atomic E-state index is 12.5. The van der Waals surface area contributed by atoms with E-state index in [1.54, 1.807) is 19.1 Å². The lowest BCUT2D eigenvalue weighted by molar-refractivity contribution is -0.145. The fraction of sp³-hybridized carbons (Fsp3) is 0.207. The summed E-state index contributed by atoms with van der Waals surface area (Å²) in [5.41, 5.74) is 2.35. The molecule has 3 aromatic carbocycles. The molecule has 0 amide bonds. The zero-order valence-corrected chi connectivity index (χ0v) is 20.1. The monoisotopic (exact) mass is 484 g/mol. The van der Waals surface area contributed by atoms with Crippen LogP contribution in [0.4, 0.5) is 0 Å². The Morgan fingerprint density at radius 2 is 1.67 bits per heavy atom. The Kier molecular flexibility index (Phi) is 8.48. The second-order valence-corrected chi connectivity index (χ2v) is 8.04. The Bertz CT molecular complexity index is 1350. The third kappa shape index (κ3) is 6.82. The molecule has 0 aliphatic heterocycles. The molecule has 0 saturated carbocycles. The predicted octanol–water partition coefficient (Wildman–Crippen LogP) is 5.28. The summed E-state index contributed by atoms with van der Waals surface area (Å²) in [5.74, 6) is 1.60. The summed E-state index contributed by atoms with van der Waals surface area (Å²) < 4.78 is 17.9. The molecule has 1 aromatic heterocycles. The van der Waals surface area contributed by atoms with Crippen molar-refractivity contribution in [1.82, 2.24) is 9.78 Å². The number of aromatic nitrogens is 2. The molecule has 4 aromatic rings. The van der Waals surface area contributed by atoms with E-state index in [0.29, 0.717) is 36.8 Å². The molecule has 0 fully saturated rings. The number of ether oxygens (including phenoxy) is 3. The number of carbonyl (C=O) groups excluding carboxylic acids is 1. The van der Waals surface area contributed by atoms with Crippen LogP contribution in [0, 0.1) is 0 Å². The molecule has 0 saturated heterocycles. The topological polar surface area (TPSA) is 79.7 Å². The summed E-state index contributed by atoms with van der Waals surface area (Å²) >= 11 is 0. The van der Waals surface area contributed by atoms with Crippen molar-refractivity contribution < 1.29 is 19.0 Å². The molecule has 4 rings (SSSR count). The Hall–Kier alpha value is -4.39. The average molecular weight is 485 g/mol. The van der Waals surface area contributed by atoms with Crippen LogP contribution >= 0.6 is 0 Å². The van der Waals surface area contributed by atoms with E-state index < -0.39 is 5.97 Å². The van der Waals surface area contributed by atoms with Gasteiger partial charge in [0.2, 0.25) is 0 Å². The van der Waals surface area contributed by atoms with Crippen LogP contribution in [-0.2, 0) is 22.5 Å². The quantitative estimate of drug-likeness (QED) is 0.270. The third-order valence-corrected chi connectivity index (χ3v) is 5.40. The maximum atomic E-state index is 12.5. The van der Waals surface area contributed by atoms with Crippen molar-refractivity contribution in [1.29, 1.82) is 0 Å². The molecule has 0 spiro atoms. The highest BCUT2D eigenvalue weighted by molar-refractivity contribution is 5.71. The molecule has 36 heavy (non-hydrogen) atoms. The minimum Gasteiger partial charge on any atom is -0.482 e. The normalized spacial score (nSPS) is 10.6. The Morgan fingerprint density at radius 3 is 2.50 bits per heavy atom. The molecule has 0 bridgehead atoms. The van der Waals surface area contributed by atoms with Gasteiger partial charge in [-0.2, -0.15) is 5.10 Å². The molecule has 0 unspecified atom stereocenters. The lowest BCUT2D eigenvalue weighted by atomic mass is 10.1. The van der Waals surface area contributed by atoms with Gasteiger partial charge in [0.25, 0.3) is 5.56 Å². The second kappa shape index (κ2) is 12.4. The molecule has 1 heterocycles. The maximum Gasteiger partial charge on any atom is 0.344 e. The van der Waals surface area contributed by atoms with E-state index in [4.69, 9.17) is 14.2 Å². The van der Waals surface area contributed by atoms with Crippen molar-refractivity contribution in [2.45, 2.75) is 26.3 Å². The molecule has 184 valence electrons. The van der Waals surface area contributed by atoms with Crippen LogP contribution in [0.5, 0.6) is 17.2 Å². The van der Waals surface area contributed by atoms with E-state index in [1.165, 1.54) is 10.7 Å². The zero-order chi connectivity index (χ0) is 25.2. The van der Waals surface area contributed by atoms with Crippen LogP contribution < -0.4 is 15.0 Å². The molecule has 7 heteroatoms. The molecular formula is C29H28N2O5. The van der Waals surface area contributed by atoms with Gasteiger partial charge < -0.3 is 14.2 Å². The van der Waals surface area contributed by atoms with Crippen molar-refractivity contribution >= 4 is 5.97 Å². The van der Waals surface area contributed by atoms with E-state index in [-0.39, 0.29) is 12.2 Å². The first-order valence-electron chi connectivity index (χ1n) is 11.9. The van der Waals surface area contributed by atoms with Gasteiger partial charge in [-0.05, 0) is 67.8 Å². The highest BCUT2D eigenvalue weighted by Crippen LogP contribution is 2.31. The van der Waals surface area contributed by atoms with Crippen LogP contribution in [0.1, 0.15) is 18.9 Å². The second-order valence-electron chi connectivity index (χ2n) is 8.04. The standard InChI is InChI=1S/C29H28N2O5/c1-2-34-29(33)21-35-24-14-8-10-22(20-24)11-9-19-31-28(32)18-17-26(30-31)25-15-6-7-16-27(25)36-23-12-4-3-5-13-23/h3-8,10,12-18,20H,2,9,11,19,21H2,1H3. The van der Waals surface area contributed by atoms with Gasteiger partial charge in [-0.15, -0.1) is 0 Å². The van der Waals surface area contributed by atoms with E-state index >= 15 is 0 Å². The van der Waals surface area contributed by atoms with Crippen molar-refractivity contribution in [3.63, 3.8) is 0 Å². The van der Waals surface area contributed by atoms with Gasteiger partial charge in [-0.1, -0.05) is 42.5 Å². The number of para-hydroxylation sites is 2. The van der Waals surface area contributed by atoms with E-state index in [0.717, 1.165) is 23.3 Å². The van der Waals surface area contributed by atoms with E-state index in [2.05, 4.69) is 5.10 Å². The van der Waals surface area contributed by atoms with Crippen molar-refractivity contribution in [3.8, 4) is 28.5 Å². The molecule has 7 nitrogen and oxygen atoms in total. The first kappa shape index (κ1) is 24.7.